The number of benzene rings is 1. The van der Waals surface area contributed by atoms with Crippen molar-refractivity contribution >= 4 is 6.09 Å². The number of amides is 1. The summed E-state index contributed by atoms with van der Waals surface area (Å²) in [5.74, 6) is 0. The lowest BCUT2D eigenvalue weighted by molar-refractivity contribution is -0.138. The lowest BCUT2D eigenvalue weighted by Gasteiger charge is -2.30. The third-order valence-electron chi connectivity index (χ3n) is 3.22. The van der Waals surface area contributed by atoms with Crippen LogP contribution in [0.2, 0.25) is 0 Å². The quantitative estimate of drug-likeness (QED) is 0.845. The van der Waals surface area contributed by atoms with Crippen LogP contribution in [0.3, 0.4) is 0 Å². The Kier molecular flexibility index (Phi) is 6.02. The van der Waals surface area contributed by atoms with Crippen molar-refractivity contribution in [2.45, 2.75) is 32.0 Å². The fourth-order valence-electron chi connectivity index (χ4n) is 2.18. The van der Waals surface area contributed by atoms with Gasteiger partial charge in [-0.3, -0.25) is 0 Å². The van der Waals surface area contributed by atoms with Crippen molar-refractivity contribution in [3.05, 3.63) is 35.4 Å². The second-order valence-electron chi connectivity index (χ2n) is 4.67. The number of hydrogen-bond acceptors (Lipinski definition) is 2. The number of unbranched alkanes of at least 4 members (excludes halogenated alkanes) is 1. The second kappa shape index (κ2) is 7.31. The van der Waals surface area contributed by atoms with Crippen LogP contribution in [0.5, 0.6) is 0 Å². The summed E-state index contributed by atoms with van der Waals surface area (Å²) >= 11 is 0. The molecule has 1 aromatic rings. The molecule has 21 heavy (non-hydrogen) atoms. The summed E-state index contributed by atoms with van der Waals surface area (Å²) in [7, 11) is 0. The first kappa shape index (κ1) is 17.3. The molecular formula is C14H19F3N2O2. The Morgan fingerprint density at radius 2 is 2.00 bits per heavy atom. The molecule has 0 spiro atoms. The lowest BCUT2D eigenvalue weighted by Crippen LogP contribution is -2.39. The summed E-state index contributed by atoms with van der Waals surface area (Å²) in [6.07, 6.45) is -4.51. The number of halogens is 3. The van der Waals surface area contributed by atoms with E-state index in [1.807, 2.05) is 6.92 Å². The molecule has 1 rings (SSSR count). The molecule has 1 aromatic carbocycles. The van der Waals surface area contributed by atoms with Crippen molar-refractivity contribution < 1.29 is 23.1 Å². The Labute approximate surface area is 121 Å². The van der Waals surface area contributed by atoms with E-state index in [1.54, 1.807) is 0 Å². The molecule has 1 unspecified atom stereocenters. The molecule has 4 nitrogen and oxygen atoms in total. The van der Waals surface area contributed by atoms with Gasteiger partial charge in [-0.2, -0.15) is 13.2 Å². The van der Waals surface area contributed by atoms with Gasteiger partial charge < -0.3 is 15.7 Å². The largest absolute Gasteiger partial charge is 0.465 e. The maximum Gasteiger partial charge on any atom is 0.416 e. The molecule has 0 radical (unpaired) electrons. The van der Waals surface area contributed by atoms with Gasteiger partial charge in [0.2, 0.25) is 0 Å². The topological polar surface area (TPSA) is 66.6 Å². The van der Waals surface area contributed by atoms with Crippen LogP contribution in [0.4, 0.5) is 18.0 Å². The third-order valence-corrected chi connectivity index (χ3v) is 3.22. The summed E-state index contributed by atoms with van der Waals surface area (Å²) in [4.78, 5) is 12.3. The van der Waals surface area contributed by atoms with Gasteiger partial charge in [0.15, 0.2) is 0 Å². The molecule has 0 aliphatic heterocycles. The lowest BCUT2D eigenvalue weighted by atomic mass is 9.98. The first-order valence-electron chi connectivity index (χ1n) is 6.68. The van der Waals surface area contributed by atoms with Crippen LogP contribution in [0.15, 0.2) is 24.3 Å². The number of nitrogens with zero attached hydrogens (tertiary/aromatic N) is 1. The molecule has 7 heteroatoms. The predicted molar refractivity (Wildman–Crippen MR) is 72.9 cm³/mol. The predicted octanol–water partition coefficient (Wildman–Crippen LogP) is 3.49. The Hall–Kier alpha value is -1.76. The Balaban J connectivity index is 3.22. The number of carboxylic acid groups (broad SMARTS) is 1. The summed E-state index contributed by atoms with van der Waals surface area (Å²) in [6, 6.07) is 3.94. The molecule has 0 aliphatic carbocycles. The standard InChI is InChI=1S/C14H19F3N2O2/c1-2-3-8-19(13(20)21)12(9-18)10-6-4-5-7-11(10)14(15,16)17/h4-7,12H,2-3,8-9,18H2,1H3,(H,20,21). The molecule has 0 aliphatic rings. The van der Waals surface area contributed by atoms with Crippen LogP contribution >= 0.6 is 0 Å². The van der Waals surface area contributed by atoms with E-state index >= 15 is 0 Å². The average molecular weight is 304 g/mol. The van der Waals surface area contributed by atoms with E-state index in [4.69, 9.17) is 5.73 Å². The van der Waals surface area contributed by atoms with E-state index in [2.05, 4.69) is 0 Å². The Morgan fingerprint density at radius 3 is 2.48 bits per heavy atom. The van der Waals surface area contributed by atoms with Crippen molar-refractivity contribution in [3.8, 4) is 0 Å². The number of carbonyl (C=O) groups is 1. The highest BCUT2D eigenvalue weighted by molar-refractivity contribution is 5.66. The number of nitrogens with two attached hydrogens (primary N) is 1. The summed E-state index contributed by atoms with van der Waals surface area (Å²) < 4.78 is 39.2. The Morgan fingerprint density at radius 1 is 1.38 bits per heavy atom. The minimum absolute atomic E-state index is 0.106. The molecule has 0 bridgehead atoms. The number of rotatable bonds is 6. The fraction of sp³-hybridized carbons (Fsp3) is 0.500. The van der Waals surface area contributed by atoms with E-state index in [1.165, 1.54) is 18.2 Å². The molecule has 0 saturated carbocycles. The molecule has 1 atom stereocenters. The zero-order chi connectivity index (χ0) is 16.0. The van der Waals surface area contributed by atoms with Crippen molar-refractivity contribution in [2.75, 3.05) is 13.1 Å². The normalized spacial score (nSPS) is 13.0. The van der Waals surface area contributed by atoms with Crippen LogP contribution in [0, 0.1) is 0 Å². The van der Waals surface area contributed by atoms with Gasteiger partial charge in [-0.1, -0.05) is 31.5 Å². The number of hydrogen-bond donors (Lipinski definition) is 2. The van der Waals surface area contributed by atoms with Crippen molar-refractivity contribution in [2.24, 2.45) is 5.73 Å². The van der Waals surface area contributed by atoms with E-state index in [9.17, 15) is 23.1 Å². The van der Waals surface area contributed by atoms with Crippen LogP contribution in [0.1, 0.15) is 36.9 Å². The molecule has 1 amide bonds. The molecule has 118 valence electrons. The number of alkyl halides is 3. The second-order valence-corrected chi connectivity index (χ2v) is 4.67. The third kappa shape index (κ3) is 4.35. The van der Waals surface area contributed by atoms with Gasteiger partial charge in [-0.05, 0) is 18.1 Å². The molecular weight excluding hydrogens is 285 g/mol. The molecule has 0 saturated heterocycles. The Bertz CT molecular complexity index is 478. The molecule has 3 N–H and O–H groups in total. The molecule has 0 aromatic heterocycles. The van der Waals surface area contributed by atoms with Crippen LogP contribution in [-0.4, -0.2) is 29.2 Å². The maximum absolute atomic E-state index is 13.1. The summed E-state index contributed by atoms with van der Waals surface area (Å²) in [6.45, 7) is 1.82. The smallest absolute Gasteiger partial charge is 0.416 e. The van der Waals surface area contributed by atoms with Gasteiger partial charge in [0.05, 0.1) is 11.6 Å². The summed E-state index contributed by atoms with van der Waals surface area (Å²) in [5, 5.41) is 9.25. The first-order valence-corrected chi connectivity index (χ1v) is 6.68. The zero-order valence-electron chi connectivity index (χ0n) is 11.7. The van der Waals surface area contributed by atoms with Gasteiger partial charge in [0.25, 0.3) is 0 Å². The van der Waals surface area contributed by atoms with Gasteiger partial charge in [-0.25, -0.2) is 4.79 Å². The van der Waals surface area contributed by atoms with Crippen molar-refractivity contribution in [1.82, 2.24) is 4.90 Å². The van der Waals surface area contributed by atoms with Gasteiger partial charge in [-0.15, -0.1) is 0 Å². The minimum atomic E-state index is -4.54. The monoisotopic (exact) mass is 304 g/mol. The van der Waals surface area contributed by atoms with Crippen LogP contribution < -0.4 is 5.73 Å². The highest BCUT2D eigenvalue weighted by Gasteiger charge is 2.36. The fourth-order valence-corrected chi connectivity index (χ4v) is 2.18. The minimum Gasteiger partial charge on any atom is -0.465 e. The molecule has 0 heterocycles. The van der Waals surface area contributed by atoms with Crippen molar-refractivity contribution in [1.29, 1.82) is 0 Å². The maximum atomic E-state index is 13.1. The van der Waals surface area contributed by atoms with Crippen molar-refractivity contribution in [3.63, 3.8) is 0 Å². The van der Waals surface area contributed by atoms with Gasteiger partial charge >= 0.3 is 12.3 Å². The van der Waals surface area contributed by atoms with Gasteiger partial charge in [0.1, 0.15) is 0 Å². The first-order chi connectivity index (χ1) is 9.82. The highest BCUT2D eigenvalue weighted by atomic mass is 19.4. The molecule has 0 fully saturated rings. The van der Waals surface area contributed by atoms with E-state index in [0.717, 1.165) is 17.4 Å². The average Bonchev–Trinajstić information content (AvgIpc) is 2.42. The summed E-state index contributed by atoms with van der Waals surface area (Å²) in [5.41, 5.74) is 4.61. The van der Waals surface area contributed by atoms with Gasteiger partial charge in [0, 0.05) is 13.1 Å². The van der Waals surface area contributed by atoms with E-state index in [0.29, 0.717) is 6.42 Å². The van der Waals surface area contributed by atoms with Crippen LogP contribution in [-0.2, 0) is 6.18 Å². The SMILES string of the molecule is CCCCN(C(=O)O)C(CN)c1ccccc1C(F)(F)F. The van der Waals surface area contributed by atoms with E-state index in [-0.39, 0.29) is 18.7 Å². The highest BCUT2D eigenvalue weighted by Crippen LogP contribution is 2.36. The van der Waals surface area contributed by atoms with E-state index < -0.39 is 23.9 Å². The van der Waals surface area contributed by atoms with Crippen LogP contribution in [0.25, 0.3) is 0 Å². The zero-order valence-corrected chi connectivity index (χ0v) is 11.7.